The average molecular weight is 459 g/mol. The number of aromatic nitrogens is 2. The summed E-state index contributed by atoms with van der Waals surface area (Å²) in [6.45, 7) is -0.0767. The first kappa shape index (κ1) is 22.0. The largest absolute Gasteiger partial charge is 0.512 e. The highest BCUT2D eigenvalue weighted by Gasteiger charge is 2.38. The van der Waals surface area contributed by atoms with E-state index in [1.54, 1.807) is 60.7 Å². The van der Waals surface area contributed by atoms with Crippen molar-refractivity contribution in [1.82, 2.24) is 14.6 Å². The fourth-order valence-corrected chi connectivity index (χ4v) is 4.62. The van der Waals surface area contributed by atoms with Crippen LogP contribution in [0.5, 0.6) is 11.5 Å². The van der Waals surface area contributed by atoms with Gasteiger partial charge in [0.1, 0.15) is 17.7 Å². The minimum atomic E-state index is -3.91. The fraction of sp³-hybridized carbons (Fsp3) is 0.238. The Morgan fingerprint density at radius 3 is 2.19 bits per heavy atom. The number of aliphatic hydroxyl groups excluding tert-OH is 1. The molecule has 3 atom stereocenters. The van der Waals surface area contributed by atoms with Gasteiger partial charge in [-0.2, -0.15) is 5.09 Å². The van der Waals surface area contributed by atoms with Crippen molar-refractivity contribution in [3.63, 3.8) is 0 Å². The molecule has 168 valence electrons. The Morgan fingerprint density at radius 2 is 1.62 bits per heavy atom. The minimum absolute atomic E-state index is 0.0767. The van der Waals surface area contributed by atoms with Gasteiger partial charge in [-0.15, -0.1) is 0 Å². The van der Waals surface area contributed by atoms with Gasteiger partial charge in [-0.1, -0.05) is 36.4 Å². The highest BCUT2D eigenvalue weighted by Crippen LogP contribution is 2.45. The topological polar surface area (TPSA) is 132 Å². The zero-order valence-electron chi connectivity index (χ0n) is 16.9. The second-order valence-corrected chi connectivity index (χ2v) is 8.79. The lowest BCUT2D eigenvalue weighted by Gasteiger charge is -2.23. The van der Waals surface area contributed by atoms with Gasteiger partial charge in [-0.3, -0.25) is 14.3 Å². The molecule has 1 aliphatic heterocycles. The Hall–Kier alpha value is -3.17. The quantitative estimate of drug-likeness (QED) is 0.436. The predicted molar refractivity (Wildman–Crippen MR) is 116 cm³/mol. The molecule has 3 aromatic rings. The molecule has 0 amide bonds. The van der Waals surface area contributed by atoms with E-state index in [1.165, 1.54) is 16.8 Å². The molecule has 10 nitrogen and oxygen atoms in total. The maximum Gasteiger partial charge on any atom is 0.512 e. The summed E-state index contributed by atoms with van der Waals surface area (Å²) in [7, 11) is -3.91. The number of rotatable bonds is 8. The molecule has 0 unspecified atom stereocenters. The molecule has 2 heterocycles. The molecule has 0 spiro atoms. The minimum Gasteiger partial charge on any atom is -0.405 e. The molecule has 0 radical (unpaired) electrons. The van der Waals surface area contributed by atoms with Crippen molar-refractivity contribution >= 4 is 7.75 Å². The second-order valence-electron chi connectivity index (χ2n) is 7.12. The van der Waals surface area contributed by atoms with E-state index in [4.69, 9.17) is 13.8 Å². The molecule has 0 bridgehead atoms. The summed E-state index contributed by atoms with van der Waals surface area (Å²) >= 11 is 0. The molecule has 4 rings (SSSR count). The summed E-state index contributed by atoms with van der Waals surface area (Å²) in [6, 6.07) is 18.3. The molecule has 3 N–H and O–H groups in total. The van der Waals surface area contributed by atoms with E-state index >= 15 is 0 Å². The van der Waals surface area contributed by atoms with E-state index < -0.39 is 37.4 Å². The average Bonchev–Trinajstić information content (AvgIpc) is 3.14. The normalized spacial score (nSPS) is 20.7. The maximum absolute atomic E-state index is 13.5. The molecule has 32 heavy (non-hydrogen) atoms. The molecular formula is C21H22N3O7P. The van der Waals surface area contributed by atoms with E-state index in [2.05, 4.69) is 10.1 Å². The van der Waals surface area contributed by atoms with Crippen molar-refractivity contribution in [3.05, 3.63) is 93.8 Å². The van der Waals surface area contributed by atoms with Crippen molar-refractivity contribution in [1.29, 1.82) is 0 Å². The number of hydrogen-bond donors (Lipinski definition) is 3. The summed E-state index contributed by atoms with van der Waals surface area (Å²) < 4.78 is 31.7. The Kier molecular flexibility index (Phi) is 6.57. The summed E-state index contributed by atoms with van der Waals surface area (Å²) in [5.41, 5.74) is -1.17. The molecule has 2 aromatic carbocycles. The molecule has 11 heteroatoms. The third-order valence-corrected chi connectivity index (χ3v) is 6.26. The van der Waals surface area contributed by atoms with Gasteiger partial charge < -0.3 is 18.9 Å². The number of hydrogen-bond acceptors (Lipinski definition) is 7. The summed E-state index contributed by atoms with van der Waals surface area (Å²) in [5, 5.41) is 13.2. The number of ether oxygens (including phenoxy) is 1. The lowest BCUT2D eigenvalue weighted by molar-refractivity contribution is -0.0174. The van der Waals surface area contributed by atoms with Crippen LogP contribution in [0.15, 0.2) is 82.5 Å². The molecule has 0 aliphatic carbocycles. The van der Waals surface area contributed by atoms with Crippen LogP contribution in [0.25, 0.3) is 0 Å². The first-order chi connectivity index (χ1) is 15.4. The number of aromatic amines is 1. The van der Waals surface area contributed by atoms with Crippen LogP contribution in [-0.2, 0) is 9.30 Å². The van der Waals surface area contributed by atoms with Crippen LogP contribution in [0.1, 0.15) is 12.6 Å². The van der Waals surface area contributed by atoms with Gasteiger partial charge in [0.2, 0.25) is 0 Å². The van der Waals surface area contributed by atoms with Crippen molar-refractivity contribution in [2.45, 2.75) is 24.9 Å². The van der Waals surface area contributed by atoms with Crippen molar-refractivity contribution in [3.8, 4) is 11.5 Å². The number of aliphatic hydroxyl groups is 1. The number of nitrogens with zero attached hydrogens (tertiary/aromatic N) is 1. The third-order valence-electron chi connectivity index (χ3n) is 4.79. The summed E-state index contributed by atoms with van der Waals surface area (Å²) in [6.07, 6.45) is -1.12. The monoisotopic (exact) mass is 459 g/mol. The summed E-state index contributed by atoms with van der Waals surface area (Å²) in [5.74, 6) is 0.676. The lowest BCUT2D eigenvalue weighted by atomic mass is 10.2. The number of H-pyrrole nitrogens is 1. The fourth-order valence-electron chi connectivity index (χ4n) is 3.25. The number of nitrogens with one attached hydrogen (secondary N) is 2. The van der Waals surface area contributed by atoms with Gasteiger partial charge in [0.15, 0.2) is 0 Å². The molecule has 1 fully saturated rings. The highest BCUT2D eigenvalue weighted by atomic mass is 31.2. The first-order valence-electron chi connectivity index (χ1n) is 9.91. The Balaban J connectivity index is 1.48. The van der Waals surface area contributed by atoms with Gasteiger partial charge in [-0.05, 0) is 24.3 Å². The van der Waals surface area contributed by atoms with Crippen LogP contribution in [-0.4, -0.2) is 33.4 Å². The summed E-state index contributed by atoms with van der Waals surface area (Å²) in [4.78, 5) is 25.4. The molecular weight excluding hydrogens is 437 g/mol. The van der Waals surface area contributed by atoms with E-state index in [-0.39, 0.29) is 13.0 Å². The van der Waals surface area contributed by atoms with Crippen LogP contribution in [0.4, 0.5) is 0 Å². The molecule has 1 aliphatic rings. The van der Waals surface area contributed by atoms with E-state index in [0.29, 0.717) is 11.5 Å². The van der Waals surface area contributed by atoms with Crippen LogP contribution in [0, 0.1) is 0 Å². The van der Waals surface area contributed by atoms with Crippen LogP contribution in [0.3, 0.4) is 0 Å². The van der Waals surface area contributed by atoms with Gasteiger partial charge in [0, 0.05) is 25.2 Å². The maximum atomic E-state index is 13.5. The van der Waals surface area contributed by atoms with Crippen LogP contribution < -0.4 is 25.4 Å². The van der Waals surface area contributed by atoms with Gasteiger partial charge >= 0.3 is 13.4 Å². The SMILES string of the molecule is O=c1ccn([C@H]2C[C@H](O)[C@@H](CNP(=O)(Oc3ccccc3)Oc3ccccc3)O2)c(=O)[nH]1. The van der Waals surface area contributed by atoms with Gasteiger partial charge in [0.05, 0.1) is 12.2 Å². The number of para-hydroxylation sites is 2. The van der Waals surface area contributed by atoms with Gasteiger partial charge in [-0.25, -0.2) is 9.36 Å². The van der Waals surface area contributed by atoms with E-state index in [9.17, 15) is 19.3 Å². The van der Waals surface area contributed by atoms with Gasteiger partial charge in [0.25, 0.3) is 5.56 Å². The Bertz CT molecular complexity index is 1150. The molecule has 0 saturated carbocycles. The standard InChI is InChI=1S/C21H22N3O7P/c25-17-13-20(24-12-11-19(26)23-21(24)27)29-18(17)14-22-32(28,30-15-7-3-1-4-8-15)31-16-9-5-2-6-10-16/h1-12,17-18,20,25H,13-14H2,(H,22,28)(H,23,26,27)/t17-,18+,20+/m0/s1. The van der Waals surface area contributed by atoms with Crippen molar-refractivity contribution in [2.24, 2.45) is 0 Å². The zero-order valence-corrected chi connectivity index (χ0v) is 17.8. The smallest absolute Gasteiger partial charge is 0.405 e. The van der Waals surface area contributed by atoms with E-state index in [1.807, 2.05) is 0 Å². The third kappa shape index (κ3) is 5.35. The second kappa shape index (κ2) is 9.54. The van der Waals surface area contributed by atoms with Crippen molar-refractivity contribution < 1.29 is 23.5 Å². The molecule has 1 saturated heterocycles. The number of benzene rings is 2. The lowest BCUT2D eigenvalue weighted by Crippen LogP contribution is -2.34. The van der Waals surface area contributed by atoms with Crippen LogP contribution in [0.2, 0.25) is 0 Å². The van der Waals surface area contributed by atoms with Crippen molar-refractivity contribution in [2.75, 3.05) is 6.54 Å². The van der Waals surface area contributed by atoms with E-state index in [0.717, 1.165) is 0 Å². The Labute approximate surface area is 183 Å². The first-order valence-corrected chi connectivity index (χ1v) is 11.5. The highest BCUT2D eigenvalue weighted by molar-refractivity contribution is 7.52. The molecule has 1 aromatic heterocycles. The zero-order chi connectivity index (χ0) is 22.6. The van der Waals surface area contributed by atoms with Crippen LogP contribution >= 0.6 is 7.75 Å². The Morgan fingerprint density at radius 1 is 1.03 bits per heavy atom. The predicted octanol–water partition coefficient (Wildman–Crippen LogP) is 2.04.